The van der Waals surface area contributed by atoms with Crippen molar-refractivity contribution in [2.45, 2.75) is 6.92 Å². The number of fused-ring (bicyclic) bond motifs is 1. The van der Waals surface area contributed by atoms with Crippen molar-refractivity contribution < 1.29 is 18.1 Å². The fourth-order valence-corrected chi connectivity index (χ4v) is 4.17. The zero-order valence-electron chi connectivity index (χ0n) is 17.0. The standard InChI is InChI=1S/C23H19N3O5S/c1-2-32(30,31)25-17-10-13-20-19(14-17)22(23(27)24-20)21(15-6-4-3-5-7-15)16-8-11-18(12-9-16)26(28)29/h3-14,25H,2H2,1H3,(H,24,27). The van der Waals surface area contributed by atoms with Crippen LogP contribution in [0.15, 0.2) is 72.8 Å². The highest BCUT2D eigenvalue weighted by molar-refractivity contribution is 7.92. The zero-order chi connectivity index (χ0) is 22.9. The Labute approximate surface area is 184 Å². The number of nitrogens with one attached hydrogen (secondary N) is 2. The maximum absolute atomic E-state index is 13.0. The van der Waals surface area contributed by atoms with Crippen molar-refractivity contribution in [2.75, 3.05) is 15.8 Å². The molecular weight excluding hydrogens is 430 g/mol. The van der Waals surface area contributed by atoms with Gasteiger partial charge in [-0.2, -0.15) is 0 Å². The average Bonchev–Trinajstić information content (AvgIpc) is 3.10. The maximum Gasteiger partial charge on any atom is 0.269 e. The minimum Gasteiger partial charge on any atom is -0.321 e. The predicted octanol–water partition coefficient (Wildman–Crippen LogP) is 4.27. The predicted molar refractivity (Wildman–Crippen MR) is 124 cm³/mol. The molecule has 9 heteroatoms. The molecule has 0 aromatic heterocycles. The number of amides is 1. The quantitative estimate of drug-likeness (QED) is 0.331. The van der Waals surface area contributed by atoms with Crippen LogP contribution in [0, 0.1) is 10.1 Å². The summed E-state index contributed by atoms with van der Waals surface area (Å²) >= 11 is 0. The van der Waals surface area contributed by atoms with Gasteiger partial charge in [-0.15, -0.1) is 0 Å². The molecule has 8 nitrogen and oxygen atoms in total. The van der Waals surface area contributed by atoms with Crippen LogP contribution < -0.4 is 10.0 Å². The van der Waals surface area contributed by atoms with Crippen molar-refractivity contribution in [3.8, 4) is 0 Å². The third-order valence-electron chi connectivity index (χ3n) is 5.10. The molecule has 2 N–H and O–H groups in total. The van der Waals surface area contributed by atoms with Crippen molar-refractivity contribution in [1.29, 1.82) is 0 Å². The first-order valence-corrected chi connectivity index (χ1v) is 11.4. The Morgan fingerprint density at radius 2 is 1.66 bits per heavy atom. The SMILES string of the molecule is CCS(=O)(=O)Nc1ccc2c(c1)C(=C(c1ccccc1)c1ccc([N+](=O)[O-])cc1)C(=O)N2. The van der Waals surface area contributed by atoms with E-state index in [2.05, 4.69) is 10.0 Å². The molecule has 0 aliphatic carbocycles. The van der Waals surface area contributed by atoms with Crippen LogP contribution in [0.3, 0.4) is 0 Å². The third-order valence-corrected chi connectivity index (χ3v) is 6.40. The lowest BCUT2D eigenvalue weighted by molar-refractivity contribution is -0.384. The molecule has 0 radical (unpaired) electrons. The van der Waals surface area contributed by atoms with Gasteiger partial charge in [-0.3, -0.25) is 19.6 Å². The van der Waals surface area contributed by atoms with Crippen molar-refractivity contribution in [3.05, 3.63) is 99.6 Å². The van der Waals surface area contributed by atoms with Crippen LogP contribution in [0.1, 0.15) is 23.6 Å². The molecule has 162 valence electrons. The van der Waals surface area contributed by atoms with Crippen LogP contribution in [0.5, 0.6) is 0 Å². The Bertz CT molecular complexity index is 1350. The van der Waals surface area contributed by atoms with Gasteiger partial charge in [0.25, 0.3) is 11.6 Å². The molecule has 0 saturated carbocycles. The molecule has 0 atom stereocenters. The number of hydrogen-bond acceptors (Lipinski definition) is 5. The number of benzene rings is 3. The van der Waals surface area contributed by atoms with Gasteiger partial charge in [0.05, 0.1) is 16.2 Å². The summed E-state index contributed by atoms with van der Waals surface area (Å²) < 4.78 is 26.5. The first kappa shape index (κ1) is 21.3. The molecule has 3 aromatic carbocycles. The Morgan fingerprint density at radius 1 is 1.00 bits per heavy atom. The molecule has 4 rings (SSSR count). The number of nitro groups is 1. The first-order chi connectivity index (χ1) is 15.3. The minimum atomic E-state index is -3.49. The number of nitro benzene ring substituents is 1. The second kappa shape index (κ2) is 8.27. The highest BCUT2D eigenvalue weighted by Gasteiger charge is 2.29. The van der Waals surface area contributed by atoms with E-state index in [1.165, 1.54) is 19.1 Å². The number of sulfonamides is 1. The van der Waals surface area contributed by atoms with Crippen molar-refractivity contribution >= 4 is 44.1 Å². The molecule has 0 spiro atoms. The van der Waals surface area contributed by atoms with Crippen LogP contribution in [0.2, 0.25) is 0 Å². The largest absolute Gasteiger partial charge is 0.321 e. The van der Waals surface area contributed by atoms with Crippen LogP contribution in [0.25, 0.3) is 11.1 Å². The number of carbonyl (C=O) groups excluding carboxylic acids is 1. The monoisotopic (exact) mass is 449 g/mol. The molecule has 1 amide bonds. The number of non-ortho nitro benzene ring substituents is 1. The first-order valence-electron chi connectivity index (χ1n) is 9.80. The summed E-state index contributed by atoms with van der Waals surface area (Å²) in [6, 6.07) is 20.0. The van der Waals surface area contributed by atoms with E-state index >= 15 is 0 Å². The van der Waals surface area contributed by atoms with E-state index in [-0.39, 0.29) is 17.3 Å². The molecule has 0 bridgehead atoms. The van der Waals surface area contributed by atoms with Gasteiger partial charge in [-0.25, -0.2) is 8.42 Å². The Morgan fingerprint density at radius 3 is 2.28 bits per heavy atom. The number of nitrogens with zero attached hydrogens (tertiary/aromatic N) is 1. The fraction of sp³-hybridized carbons (Fsp3) is 0.0870. The Balaban J connectivity index is 1.94. The summed E-state index contributed by atoms with van der Waals surface area (Å²) in [6.07, 6.45) is 0. The molecular formula is C23H19N3O5S. The van der Waals surface area contributed by atoms with Gasteiger partial charge in [0.2, 0.25) is 10.0 Å². The lowest BCUT2D eigenvalue weighted by Gasteiger charge is -2.13. The molecule has 3 aromatic rings. The van der Waals surface area contributed by atoms with Crippen molar-refractivity contribution in [2.24, 2.45) is 0 Å². The van der Waals surface area contributed by atoms with E-state index in [1.54, 1.807) is 30.3 Å². The Hall–Kier alpha value is -3.98. The van der Waals surface area contributed by atoms with Gasteiger partial charge >= 0.3 is 0 Å². The van der Waals surface area contributed by atoms with E-state index in [9.17, 15) is 23.3 Å². The van der Waals surface area contributed by atoms with E-state index in [4.69, 9.17) is 0 Å². The minimum absolute atomic E-state index is 0.0568. The highest BCUT2D eigenvalue weighted by atomic mass is 32.2. The smallest absolute Gasteiger partial charge is 0.269 e. The van der Waals surface area contributed by atoms with E-state index in [0.29, 0.717) is 33.6 Å². The van der Waals surface area contributed by atoms with E-state index in [1.807, 2.05) is 30.3 Å². The topological polar surface area (TPSA) is 118 Å². The molecule has 1 heterocycles. The second-order valence-corrected chi connectivity index (χ2v) is 9.15. The van der Waals surface area contributed by atoms with Crippen molar-refractivity contribution in [1.82, 2.24) is 0 Å². The van der Waals surface area contributed by atoms with Gasteiger partial charge in [0, 0.05) is 34.6 Å². The summed E-state index contributed by atoms with van der Waals surface area (Å²) in [5.41, 5.74) is 3.71. The lowest BCUT2D eigenvalue weighted by Crippen LogP contribution is -2.14. The third kappa shape index (κ3) is 4.10. The summed E-state index contributed by atoms with van der Waals surface area (Å²) in [4.78, 5) is 23.6. The molecule has 32 heavy (non-hydrogen) atoms. The van der Waals surface area contributed by atoms with Crippen LogP contribution in [-0.2, 0) is 14.8 Å². The summed E-state index contributed by atoms with van der Waals surface area (Å²) in [5, 5.41) is 13.9. The zero-order valence-corrected chi connectivity index (χ0v) is 17.8. The van der Waals surface area contributed by atoms with Crippen LogP contribution in [0.4, 0.5) is 17.1 Å². The maximum atomic E-state index is 13.0. The molecule has 0 saturated heterocycles. The summed E-state index contributed by atoms with van der Waals surface area (Å²) in [5.74, 6) is -0.421. The van der Waals surface area contributed by atoms with E-state index in [0.717, 1.165) is 5.56 Å². The normalized spacial score (nSPS) is 14.5. The van der Waals surface area contributed by atoms with Crippen LogP contribution in [-0.4, -0.2) is 25.0 Å². The van der Waals surface area contributed by atoms with Crippen molar-refractivity contribution in [3.63, 3.8) is 0 Å². The molecule has 0 unspecified atom stereocenters. The van der Waals surface area contributed by atoms with Gasteiger partial charge in [0.15, 0.2) is 0 Å². The summed E-state index contributed by atoms with van der Waals surface area (Å²) in [6.45, 7) is 1.54. The van der Waals surface area contributed by atoms with Gasteiger partial charge in [-0.1, -0.05) is 30.3 Å². The van der Waals surface area contributed by atoms with Crippen LogP contribution >= 0.6 is 0 Å². The molecule has 1 aliphatic heterocycles. The second-order valence-electron chi connectivity index (χ2n) is 7.14. The fourth-order valence-electron chi connectivity index (χ4n) is 3.54. The lowest BCUT2D eigenvalue weighted by atomic mass is 9.90. The van der Waals surface area contributed by atoms with Gasteiger partial charge in [0.1, 0.15) is 0 Å². The molecule has 0 fully saturated rings. The Kier molecular flexibility index (Phi) is 5.50. The number of rotatable bonds is 6. The highest BCUT2D eigenvalue weighted by Crippen LogP contribution is 2.41. The van der Waals surface area contributed by atoms with Gasteiger partial charge < -0.3 is 5.32 Å². The summed E-state index contributed by atoms with van der Waals surface area (Å²) in [7, 11) is -3.49. The number of carbonyl (C=O) groups is 1. The average molecular weight is 449 g/mol. The molecule has 1 aliphatic rings. The van der Waals surface area contributed by atoms with Gasteiger partial charge in [-0.05, 0) is 48.4 Å². The van der Waals surface area contributed by atoms with E-state index < -0.39 is 14.9 Å². The number of anilines is 2. The number of hydrogen-bond donors (Lipinski definition) is 2.